The van der Waals surface area contributed by atoms with Crippen LogP contribution in [0.5, 0.6) is 0 Å². The first kappa shape index (κ1) is 12.3. The fourth-order valence-electron chi connectivity index (χ4n) is 2.56. The van der Waals surface area contributed by atoms with Crippen LogP contribution in [-0.4, -0.2) is 29.0 Å². The Bertz CT molecular complexity index is 257. The zero-order valence-electron chi connectivity index (χ0n) is 10.4. The second-order valence-electron chi connectivity index (χ2n) is 5.70. The second-order valence-corrected chi connectivity index (χ2v) is 6.22. The molecule has 3 heteroatoms. The maximum Gasteiger partial charge on any atom is 0.0733 e. The summed E-state index contributed by atoms with van der Waals surface area (Å²) in [6.07, 6.45) is 9.09. The van der Waals surface area contributed by atoms with Crippen LogP contribution in [0.25, 0.3) is 0 Å². The van der Waals surface area contributed by atoms with Crippen molar-refractivity contribution in [1.82, 2.24) is 4.90 Å². The molecule has 16 heavy (non-hydrogen) atoms. The van der Waals surface area contributed by atoms with E-state index in [1.165, 1.54) is 51.6 Å². The number of nitrogens with zero attached hydrogens (tertiary/aromatic N) is 1. The Morgan fingerprint density at radius 1 is 1.44 bits per heavy atom. The van der Waals surface area contributed by atoms with Gasteiger partial charge in [-0.3, -0.25) is 4.90 Å². The van der Waals surface area contributed by atoms with Crippen molar-refractivity contribution in [1.29, 1.82) is 0 Å². The fraction of sp³-hybridized carbons (Fsp3) is 0.923. The quantitative estimate of drug-likeness (QED) is 0.662. The van der Waals surface area contributed by atoms with Crippen molar-refractivity contribution in [2.24, 2.45) is 11.1 Å². The van der Waals surface area contributed by atoms with Crippen molar-refractivity contribution in [2.75, 3.05) is 13.1 Å². The molecule has 2 aliphatic rings. The van der Waals surface area contributed by atoms with Gasteiger partial charge in [0.15, 0.2) is 0 Å². The van der Waals surface area contributed by atoms with Gasteiger partial charge in [-0.05, 0) is 44.1 Å². The lowest BCUT2D eigenvalue weighted by molar-refractivity contribution is 0.210. The van der Waals surface area contributed by atoms with Gasteiger partial charge in [-0.2, -0.15) is 0 Å². The van der Waals surface area contributed by atoms with E-state index in [9.17, 15) is 0 Å². The van der Waals surface area contributed by atoms with Crippen molar-refractivity contribution in [2.45, 2.75) is 57.9 Å². The molecule has 2 aliphatic carbocycles. The number of hydrogen-bond acceptors (Lipinski definition) is 2. The van der Waals surface area contributed by atoms with Crippen LogP contribution in [0.4, 0.5) is 0 Å². The number of rotatable bonds is 8. The minimum absolute atomic E-state index is 0.474. The summed E-state index contributed by atoms with van der Waals surface area (Å²) in [5, 5.41) is 0. The lowest BCUT2D eigenvalue weighted by Gasteiger charge is -2.27. The van der Waals surface area contributed by atoms with Crippen LogP contribution in [0.3, 0.4) is 0 Å². The molecule has 92 valence electrons. The van der Waals surface area contributed by atoms with Crippen molar-refractivity contribution >= 4 is 17.2 Å². The monoisotopic (exact) mass is 240 g/mol. The molecule has 0 bridgehead atoms. The van der Waals surface area contributed by atoms with E-state index in [0.29, 0.717) is 10.4 Å². The Morgan fingerprint density at radius 3 is 2.56 bits per heavy atom. The van der Waals surface area contributed by atoms with Crippen LogP contribution < -0.4 is 5.73 Å². The van der Waals surface area contributed by atoms with E-state index in [0.717, 1.165) is 12.5 Å². The zero-order valence-corrected chi connectivity index (χ0v) is 11.2. The van der Waals surface area contributed by atoms with Crippen molar-refractivity contribution in [3.63, 3.8) is 0 Å². The summed E-state index contributed by atoms with van der Waals surface area (Å²) >= 11 is 5.06. The summed E-state index contributed by atoms with van der Waals surface area (Å²) in [6.45, 7) is 4.79. The molecule has 0 aromatic carbocycles. The predicted molar refractivity (Wildman–Crippen MR) is 72.6 cm³/mol. The largest absolute Gasteiger partial charge is 0.393 e. The van der Waals surface area contributed by atoms with Crippen LogP contribution in [0.2, 0.25) is 0 Å². The highest BCUT2D eigenvalue weighted by Gasteiger charge is 2.46. The first-order valence-corrected chi connectivity index (χ1v) is 7.08. The number of nitrogens with two attached hydrogens (primary N) is 1. The molecule has 0 unspecified atom stereocenters. The molecule has 2 nitrogen and oxygen atoms in total. The van der Waals surface area contributed by atoms with E-state index in [2.05, 4.69) is 11.8 Å². The van der Waals surface area contributed by atoms with E-state index in [4.69, 9.17) is 18.0 Å². The van der Waals surface area contributed by atoms with Gasteiger partial charge in [-0.1, -0.05) is 25.6 Å². The summed E-state index contributed by atoms with van der Waals surface area (Å²) in [4.78, 5) is 3.41. The summed E-state index contributed by atoms with van der Waals surface area (Å²) in [5.74, 6) is 0. The molecule has 0 amide bonds. The summed E-state index contributed by atoms with van der Waals surface area (Å²) in [7, 11) is 0. The van der Waals surface area contributed by atoms with E-state index in [1.54, 1.807) is 0 Å². The maximum atomic E-state index is 5.70. The maximum absolute atomic E-state index is 5.70. The Balaban J connectivity index is 1.82. The van der Waals surface area contributed by atoms with Crippen LogP contribution >= 0.6 is 12.2 Å². The number of hydrogen-bond donors (Lipinski definition) is 1. The molecule has 0 spiro atoms. The molecule has 0 atom stereocenters. The lowest BCUT2D eigenvalue weighted by Crippen LogP contribution is -2.35. The smallest absolute Gasteiger partial charge is 0.0733 e. The predicted octanol–water partition coefficient (Wildman–Crippen LogP) is 2.71. The third kappa shape index (κ3) is 3.42. The van der Waals surface area contributed by atoms with Crippen LogP contribution in [-0.2, 0) is 0 Å². The van der Waals surface area contributed by atoms with Gasteiger partial charge in [0.2, 0.25) is 0 Å². The second kappa shape index (κ2) is 5.01. The fourth-order valence-corrected chi connectivity index (χ4v) is 2.87. The Kier molecular flexibility index (Phi) is 3.85. The van der Waals surface area contributed by atoms with Gasteiger partial charge in [-0.25, -0.2) is 0 Å². The van der Waals surface area contributed by atoms with Gasteiger partial charge >= 0.3 is 0 Å². The molecule has 0 radical (unpaired) electrons. The topological polar surface area (TPSA) is 29.3 Å². The Labute approximate surface area is 105 Å². The van der Waals surface area contributed by atoms with Crippen LogP contribution in [0.15, 0.2) is 0 Å². The van der Waals surface area contributed by atoms with Crippen LogP contribution in [0, 0.1) is 5.41 Å². The van der Waals surface area contributed by atoms with Crippen molar-refractivity contribution in [3.05, 3.63) is 0 Å². The van der Waals surface area contributed by atoms with Crippen LogP contribution in [0.1, 0.15) is 51.9 Å². The molecular weight excluding hydrogens is 216 g/mol. The van der Waals surface area contributed by atoms with Gasteiger partial charge in [-0.15, -0.1) is 0 Å². The standard InChI is InChI=1S/C13H24N2S/c1-2-3-8-15(11-4-5-11)10-13(6-7-13)9-12(14)16/h11H,2-10H2,1H3,(H2,14,16). The van der Waals surface area contributed by atoms with Gasteiger partial charge in [0.05, 0.1) is 4.99 Å². The highest BCUT2D eigenvalue weighted by molar-refractivity contribution is 7.80. The Hall–Kier alpha value is -0.150. The molecular formula is C13H24N2S. The van der Waals surface area contributed by atoms with Crippen molar-refractivity contribution in [3.8, 4) is 0 Å². The van der Waals surface area contributed by atoms with E-state index in [-0.39, 0.29) is 0 Å². The normalized spacial score (nSPS) is 22.4. The average molecular weight is 240 g/mol. The minimum Gasteiger partial charge on any atom is -0.393 e. The van der Waals surface area contributed by atoms with Gasteiger partial charge in [0.25, 0.3) is 0 Å². The molecule has 2 N–H and O–H groups in total. The summed E-state index contributed by atoms with van der Waals surface area (Å²) in [5.41, 5.74) is 6.17. The molecule has 2 saturated carbocycles. The molecule has 0 aromatic rings. The minimum atomic E-state index is 0.474. The third-order valence-corrected chi connectivity index (χ3v) is 4.05. The van der Waals surface area contributed by atoms with Gasteiger partial charge in [0.1, 0.15) is 0 Å². The third-order valence-electron chi connectivity index (χ3n) is 3.91. The van der Waals surface area contributed by atoms with Gasteiger partial charge < -0.3 is 5.73 Å². The molecule has 0 saturated heterocycles. The molecule has 0 aliphatic heterocycles. The molecule has 2 fully saturated rings. The molecule has 0 heterocycles. The average Bonchev–Trinajstić information content (AvgIpc) is 3.05. The van der Waals surface area contributed by atoms with E-state index < -0.39 is 0 Å². The SMILES string of the molecule is CCCCN(CC1(CC(N)=S)CC1)C1CC1. The highest BCUT2D eigenvalue weighted by Crippen LogP contribution is 2.50. The lowest BCUT2D eigenvalue weighted by atomic mass is 10.0. The number of unbranched alkanes of at least 4 members (excludes halogenated alkanes) is 1. The molecule has 2 rings (SSSR count). The number of thiocarbonyl (C=S) groups is 1. The Morgan fingerprint density at radius 2 is 2.12 bits per heavy atom. The zero-order chi connectivity index (χ0) is 11.6. The highest BCUT2D eigenvalue weighted by atomic mass is 32.1. The first-order chi connectivity index (χ1) is 7.65. The van der Waals surface area contributed by atoms with E-state index >= 15 is 0 Å². The van der Waals surface area contributed by atoms with Crippen molar-refractivity contribution < 1.29 is 0 Å². The van der Waals surface area contributed by atoms with Gasteiger partial charge in [0, 0.05) is 19.0 Å². The first-order valence-electron chi connectivity index (χ1n) is 6.67. The molecule has 0 aromatic heterocycles. The summed E-state index contributed by atoms with van der Waals surface area (Å²) in [6, 6.07) is 0.885. The summed E-state index contributed by atoms with van der Waals surface area (Å²) < 4.78 is 0. The van der Waals surface area contributed by atoms with E-state index in [1.807, 2.05) is 0 Å².